The molecule has 2 rings (SSSR count). The molecule has 0 spiro atoms. The van der Waals surface area contributed by atoms with E-state index < -0.39 is 6.09 Å². The molecule has 1 unspecified atom stereocenters. The van der Waals surface area contributed by atoms with E-state index >= 15 is 0 Å². The topological polar surface area (TPSA) is 78.1 Å². The lowest BCUT2D eigenvalue weighted by Crippen LogP contribution is -2.56. The molecule has 0 bridgehead atoms. The fourth-order valence-corrected chi connectivity index (χ4v) is 3.28. The van der Waals surface area contributed by atoms with Crippen molar-refractivity contribution in [2.24, 2.45) is 10.4 Å². The van der Waals surface area contributed by atoms with Crippen LogP contribution in [0.5, 0.6) is 0 Å². The normalized spacial score (nSPS) is 23.6. The standard InChI is InChI=1S/C16H25N3O3/c1-11-7-5-10-19(22)14(11)17-12-8-6-9-18(15(20)21)13(12)16(2,3)4/h5,7,10,12-13,22H,6,8-9H2,1-4H3,(H,20,21)/t12-,13?/m1/s1. The summed E-state index contributed by atoms with van der Waals surface area (Å²) in [6, 6.07) is 3.26. The number of pyridine rings is 1. The van der Waals surface area contributed by atoms with E-state index in [1.807, 2.05) is 33.8 Å². The van der Waals surface area contributed by atoms with E-state index in [0.717, 1.165) is 23.1 Å². The SMILES string of the molecule is Cc1cccn(O)c1=N[C@@H]1CCCN(C(=O)O)C1C(C)(C)C. The summed E-state index contributed by atoms with van der Waals surface area (Å²) < 4.78 is 1.01. The smallest absolute Gasteiger partial charge is 0.407 e. The van der Waals surface area contributed by atoms with Crippen LogP contribution in [0.2, 0.25) is 0 Å². The van der Waals surface area contributed by atoms with Gasteiger partial charge in [-0.2, -0.15) is 4.73 Å². The van der Waals surface area contributed by atoms with Crippen molar-refractivity contribution in [3.05, 3.63) is 29.4 Å². The Morgan fingerprint density at radius 2 is 2.09 bits per heavy atom. The molecule has 122 valence electrons. The zero-order valence-corrected chi connectivity index (χ0v) is 13.7. The predicted octanol–water partition coefficient (Wildman–Crippen LogP) is 2.49. The average molecular weight is 307 g/mol. The van der Waals surface area contributed by atoms with Crippen LogP contribution in [0.25, 0.3) is 0 Å². The van der Waals surface area contributed by atoms with Gasteiger partial charge in [0.25, 0.3) is 0 Å². The Balaban J connectivity index is 2.50. The number of rotatable bonds is 1. The average Bonchev–Trinajstić information content (AvgIpc) is 2.41. The lowest BCUT2D eigenvalue weighted by atomic mass is 9.78. The van der Waals surface area contributed by atoms with Crippen molar-refractivity contribution in [3.8, 4) is 0 Å². The van der Waals surface area contributed by atoms with Gasteiger partial charge in [0.15, 0.2) is 5.49 Å². The van der Waals surface area contributed by atoms with Crippen molar-refractivity contribution in [2.75, 3.05) is 6.54 Å². The molecule has 1 amide bonds. The minimum Gasteiger partial charge on any atom is -0.465 e. The van der Waals surface area contributed by atoms with Crippen LogP contribution in [0.15, 0.2) is 23.3 Å². The van der Waals surface area contributed by atoms with Gasteiger partial charge in [-0.15, -0.1) is 0 Å². The highest BCUT2D eigenvalue weighted by Crippen LogP contribution is 2.33. The van der Waals surface area contributed by atoms with Gasteiger partial charge in [-0.3, -0.25) is 4.99 Å². The van der Waals surface area contributed by atoms with Crippen LogP contribution < -0.4 is 5.49 Å². The van der Waals surface area contributed by atoms with Gasteiger partial charge < -0.3 is 15.2 Å². The van der Waals surface area contributed by atoms with E-state index in [2.05, 4.69) is 0 Å². The van der Waals surface area contributed by atoms with Gasteiger partial charge in [-0.25, -0.2) is 4.79 Å². The first-order valence-electron chi connectivity index (χ1n) is 7.62. The molecule has 1 aliphatic rings. The largest absolute Gasteiger partial charge is 0.465 e. The molecule has 0 saturated carbocycles. The van der Waals surface area contributed by atoms with Crippen molar-refractivity contribution in [1.82, 2.24) is 9.63 Å². The highest BCUT2D eigenvalue weighted by Gasteiger charge is 2.41. The number of aromatic nitrogens is 1. The van der Waals surface area contributed by atoms with E-state index in [9.17, 15) is 15.1 Å². The van der Waals surface area contributed by atoms with E-state index in [1.54, 1.807) is 6.07 Å². The molecule has 1 fully saturated rings. The van der Waals surface area contributed by atoms with Gasteiger partial charge in [-0.1, -0.05) is 26.8 Å². The van der Waals surface area contributed by atoms with Crippen LogP contribution in [-0.2, 0) is 0 Å². The number of hydrogen-bond acceptors (Lipinski definition) is 3. The van der Waals surface area contributed by atoms with Gasteiger partial charge in [0, 0.05) is 12.7 Å². The Hall–Kier alpha value is -1.98. The quantitative estimate of drug-likeness (QED) is 0.782. The van der Waals surface area contributed by atoms with Crippen molar-refractivity contribution in [1.29, 1.82) is 0 Å². The second-order valence-electron chi connectivity index (χ2n) is 6.98. The van der Waals surface area contributed by atoms with Gasteiger partial charge in [-0.05, 0) is 36.8 Å². The second-order valence-corrected chi connectivity index (χ2v) is 6.98. The molecule has 2 heterocycles. The highest BCUT2D eigenvalue weighted by molar-refractivity contribution is 5.66. The van der Waals surface area contributed by atoms with E-state index in [4.69, 9.17) is 4.99 Å². The molecule has 0 aromatic carbocycles. The Morgan fingerprint density at radius 1 is 1.41 bits per heavy atom. The number of likely N-dealkylation sites (tertiary alicyclic amines) is 1. The maximum absolute atomic E-state index is 11.6. The van der Waals surface area contributed by atoms with Crippen molar-refractivity contribution < 1.29 is 15.1 Å². The molecule has 2 atom stereocenters. The Morgan fingerprint density at radius 3 is 2.64 bits per heavy atom. The summed E-state index contributed by atoms with van der Waals surface area (Å²) in [5.74, 6) is 0. The Kier molecular flexibility index (Phi) is 4.49. The third kappa shape index (κ3) is 3.26. The zero-order valence-electron chi connectivity index (χ0n) is 13.7. The number of amides is 1. The fraction of sp³-hybridized carbons (Fsp3) is 0.625. The van der Waals surface area contributed by atoms with Crippen molar-refractivity contribution >= 4 is 6.09 Å². The highest BCUT2D eigenvalue weighted by atomic mass is 16.5. The molecule has 0 aliphatic carbocycles. The molecular weight excluding hydrogens is 282 g/mol. The summed E-state index contributed by atoms with van der Waals surface area (Å²) in [7, 11) is 0. The molecule has 22 heavy (non-hydrogen) atoms. The first-order chi connectivity index (χ1) is 10.2. The van der Waals surface area contributed by atoms with Crippen LogP contribution in [0.3, 0.4) is 0 Å². The summed E-state index contributed by atoms with van der Waals surface area (Å²) in [6.07, 6.45) is 2.24. The number of aryl methyl sites for hydroxylation is 1. The van der Waals surface area contributed by atoms with Crippen LogP contribution >= 0.6 is 0 Å². The zero-order chi connectivity index (χ0) is 16.5. The fourth-order valence-electron chi connectivity index (χ4n) is 3.28. The van der Waals surface area contributed by atoms with Crippen LogP contribution in [0.4, 0.5) is 4.79 Å². The number of piperidine rings is 1. The summed E-state index contributed by atoms with van der Waals surface area (Å²) in [6.45, 7) is 8.52. The minimum atomic E-state index is -0.901. The molecular formula is C16H25N3O3. The molecule has 6 nitrogen and oxygen atoms in total. The third-order valence-corrected chi connectivity index (χ3v) is 4.16. The molecule has 1 saturated heterocycles. The number of carbonyl (C=O) groups is 1. The van der Waals surface area contributed by atoms with Gasteiger partial charge >= 0.3 is 6.09 Å². The minimum absolute atomic E-state index is 0.163. The molecule has 2 N–H and O–H groups in total. The summed E-state index contributed by atoms with van der Waals surface area (Å²) >= 11 is 0. The lowest BCUT2D eigenvalue weighted by molar-refractivity contribution is 0.0460. The van der Waals surface area contributed by atoms with Gasteiger partial charge in [0.2, 0.25) is 0 Å². The Labute approximate surface area is 130 Å². The van der Waals surface area contributed by atoms with Gasteiger partial charge in [0.1, 0.15) is 0 Å². The Bertz CT molecular complexity index is 593. The summed E-state index contributed by atoms with van der Waals surface area (Å²) in [5, 5.41) is 19.5. The van der Waals surface area contributed by atoms with E-state index in [-0.39, 0.29) is 17.5 Å². The third-order valence-electron chi connectivity index (χ3n) is 4.16. The molecule has 6 heteroatoms. The van der Waals surface area contributed by atoms with Crippen LogP contribution in [0.1, 0.15) is 39.2 Å². The molecule has 1 aromatic rings. The summed E-state index contributed by atoms with van der Waals surface area (Å²) in [5.41, 5.74) is 1.13. The first kappa shape index (κ1) is 16.4. The molecule has 1 aliphatic heterocycles. The van der Waals surface area contributed by atoms with E-state index in [0.29, 0.717) is 12.0 Å². The van der Waals surface area contributed by atoms with Crippen LogP contribution in [-0.4, -0.2) is 44.7 Å². The number of carboxylic acid groups (broad SMARTS) is 1. The van der Waals surface area contributed by atoms with Crippen molar-refractivity contribution in [3.63, 3.8) is 0 Å². The molecule has 1 aromatic heterocycles. The predicted molar refractivity (Wildman–Crippen MR) is 82.9 cm³/mol. The van der Waals surface area contributed by atoms with Crippen LogP contribution in [0, 0.1) is 12.3 Å². The monoisotopic (exact) mass is 307 g/mol. The molecule has 0 radical (unpaired) electrons. The summed E-state index contributed by atoms with van der Waals surface area (Å²) in [4.78, 5) is 17.8. The second kappa shape index (κ2) is 6.02. The van der Waals surface area contributed by atoms with E-state index in [1.165, 1.54) is 11.1 Å². The maximum atomic E-state index is 11.6. The lowest BCUT2D eigenvalue weighted by Gasteiger charge is -2.45. The van der Waals surface area contributed by atoms with Gasteiger partial charge in [0.05, 0.1) is 12.1 Å². The number of hydrogen-bond donors (Lipinski definition) is 2. The maximum Gasteiger partial charge on any atom is 0.407 e. The van der Waals surface area contributed by atoms with Crippen molar-refractivity contribution in [2.45, 2.75) is 52.6 Å². The first-order valence-corrected chi connectivity index (χ1v) is 7.62. The number of nitrogens with zero attached hydrogens (tertiary/aromatic N) is 3.